The highest BCUT2D eigenvalue weighted by Crippen LogP contribution is 2.29. The fraction of sp³-hybridized carbons (Fsp3) is 0.350. The first kappa shape index (κ1) is 19.6. The van der Waals surface area contributed by atoms with Gasteiger partial charge in [-0.1, -0.05) is 36.4 Å². The molecule has 0 bridgehead atoms. The van der Waals surface area contributed by atoms with E-state index >= 15 is 0 Å². The molecule has 146 valence electrons. The lowest BCUT2D eigenvalue weighted by Crippen LogP contribution is -2.30. The second-order valence-corrected chi connectivity index (χ2v) is 6.30. The van der Waals surface area contributed by atoms with Crippen LogP contribution < -0.4 is 15.5 Å². The molecule has 2 heterocycles. The average molecular weight is 380 g/mol. The number of hydrogen-bond acceptors (Lipinski definition) is 8. The number of rotatable bonds is 8. The summed E-state index contributed by atoms with van der Waals surface area (Å²) in [5.74, 6) is 1.25. The number of anilines is 3. The zero-order valence-corrected chi connectivity index (χ0v) is 15.6. The maximum absolute atomic E-state index is 9.69. The van der Waals surface area contributed by atoms with Gasteiger partial charge in [-0.3, -0.25) is 0 Å². The van der Waals surface area contributed by atoms with Crippen molar-refractivity contribution in [1.29, 1.82) is 5.26 Å². The van der Waals surface area contributed by atoms with Gasteiger partial charge in [-0.2, -0.15) is 15.2 Å². The number of aliphatic hydroxyl groups is 2. The van der Waals surface area contributed by atoms with E-state index < -0.39 is 0 Å². The van der Waals surface area contributed by atoms with Gasteiger partial charge in [0.15, 0.2) is 11.6 Å². The molecule has 0 radical (unpaired) electrons. The molecule has 1 aromatic heterocycles. The fourth-order valence-corrected chi connectivity index (χ4v) is 3.11. The van der Waals surface area contributed by atoms with Gasteiger partial charge in [0.2, 0.25) is 5.95 Å². The van der Waals surface area contributed by atoms with Crippen molar-refractivity contribution < 1.29 is 10.2 Å². The van der Waals surface area contributed by atoms with Gasteiger partial charge in [0.05, 0.1) is 13.2 Å². The van der Waals surface area contributed by atoms with Crippen LogP contribution in [-0.2, 0) is 0 Å². The summed E-state index contributed by atoms with van der Waals surface area (Å²) in [5.41, 5.74) is 2.84. The van der Waals surface area contributed by atoms with Crippen molar-refractivity contribution in [3.05, 3.63) is 47.5 Å². The molecule has 1 aromatic carbocycles. The largest absolute Gasteiger partial charge is 0.395 e. The van der Waals surface area contributed by atoms with E-state index in [-0.39, 0.29) is 19.8 Å². The third kappa shape index (κ3) is 4.57. The summed E-state index contributed by atoms with van der Waals surface area (Å²) in [6, 6.07) is 12.4. The molecule has 0 aliphatic carbocycles. The molecule has 4 N–H and O–H groups in total. The summed E-state index contributed by atoms with van der Waals surface area (Å²) >= 11 is 0. The molecule has 8 heteroatoms. The minimum Gasteiger partial charge on any atom is -0.395 e. The monoisotopic (exact) mass is 380 g/mol. The maximum Gasteiger partial charge on any atom is 0.226 e. The number of nitrogens with one attached hydrogen (secondary N) is 2. The number of aliphatic hydroxyl groups excluding tert-OH is 2. The van der Waals surface area contributed by atoms with Gasteiger partial charge in [0.25, 0.3) is 0 Å². The molecule has 0 atom stereocenters. The van der Waals surface area contributed by atoms with Crippen LogP contribution in [0.15, 0.2) is 36.4 Å². The van der Waals surface area contributed by atoms with Crippen LogP contribution in [0.2, 0.25) is 0 Å². The van der Waals surface area contributed by atoms with E-state index in [2.05, 4.69) is 44.9 Å². The predicted octanol–water partition coefficient (Wildman–Crippen LogP) is 1.45. The quantitative estimate of drug-likeness (QED) is 0.544. The lowest BCUT2D eigenvalue weighted by molar-refractivity contribution is 0.311. The standard InChI is InChI=1S/C20H24N6O2/c21-14-17-18(22-8-12-27)24-20(23-9-13-28)25-19(17)26-10-6-16(7-11-26)15-4-2-1-3-5-15/h1-6,27-28H,7-13H2,(H2,22,23,24,25). The first-order valence-corrected chi connectivity index (χ1v) is 9.27. The van der Waals surface area contributed by atoms with Crippen LogP contribution in [0, 0.1) is 11.3 Å². The molecule has 1 aliphatic heterocycles. The van der Waals surface area contributed by atoms with Crippen LogP contribution >= 0.6 is 0 Å². The molecule has 2 aromatic rings. The molecular formula is C20H24N6O2. The lowest BCUT2D eigenvalue weighted by Gasteiger charge is -2.29. The normalized spacial score (nSPS) is 13.6. The van der Waals surface area contributed by atoms with Gasteiger partial charge in [-0.05, 0) is 17.6 Å². The van der Waals surface area contributed by atoms with E-state index in [0.29, 0.717) is 36.2 Å². The SMILES string of the molecule is N#Cc1c(NCCO)nc(NCCO)nc1N1CC=C(c2ccccc2)CC1. The Kier molecular flexibility index (Phi) is 6.78. The molecule has 0 unspecified atom stereocenters. The van der Waals surface area contributed by atoms with Crippen LogP contribution in [0.5, 0.6) is 0 Å². The Labute approximate surface area is 164 Å². The van der Waals surface area contributed by atoms with Crippen molar-refractivity contribution >= 4 is 23.2 Å². The Morgan fingerprint density at radius 3 is 2.46 bits per heavy atom. The highest BCUT2D eigenvalue weighted by Gasteiger charge is 2.22. The molecule has 0 spiro atoms. The first-order valence-electron chi connectivity index (χ1n) is 9.27. The average Bonchev–Trinajstić information content (AvgIpc) is 2.76. The van der Waals surface area contributed by atoms with Gasteiger partial charge < -0.3 is 25.7 Å². The van der Waals surface area contributed by atoms with Crippen LogP contribution in [0.4, 0.5) is 17.6 Å². The van der Waals surface area contributed by atoms with Crippen molar-refractivity contribution in [2.45, 2.75) is 6.42 Å². The summed E-state index contributed by atoms with van der Waals surface area (Å²) in [5, 5.41) is 33.8. The second kappa shape index (κ2) is 9.69. The molecular weight excluding hydrogens is 356 g/mol. The Balaban J connectivity index is 1.89. The predicted molar refractivity (Wildman–Crippen MR) is 109 cm³/mol. The number of nitrogens with zero attached hydrogens (tertiary/aromatic N) is 4. The fourth-order valence-electron chi connectivity index (χ4n) is 3.11. The molecule has 1 aliphatic rings. The molecule has 0 saturated heterocycles. The number of hydrogen-bond donors (Lipinski definition) is 4. The molecule has 0 amide bonds. The van der Waals surface area contributed by atoms with Gasteiger partial charge >= 0.3 is 0 Å². The van der Waals surface area contributed by atoms with Gasteiger partial charge in [0, 0.05) is 26.2 Å². The van der Waals surface area contributed by atoms with Crippen molar-refractivity contribution in [1.82, 2.24) is 9.97 Å². The van der Waals surface area contributed by atoms with E-state index in [1.807, 2.05) is 23.1 Å². The third-order valence-electron chi connectivity index (χ3n) is 4.45. The summed E-state index contributed by atoms with van der Waals surface area (Å²) in [6.45, 7) is 1.83. The molecule has 0 saturated carbocycles. The smallest absolute Gasteiger partial charge is 0.226 e. The third-order valence-corrected chi connectivity index (χ3v) is 4.45. The van der Waals surface area contributed by atoms with Crippen LogP contribution in [0.3, 0.4) is 0 Å². The summed E-state index contributed by atoms with van der Waals surface area (Å²) in [4.78, 5) is 10.9. The van der Waals surface area contributed by atoms with Crippen LogP contribution in [0.1, 0.15) is 17.5 Å². The highest BCUT2D eigenvalue weighted by atomic mass is 16.3. The Hall–Kier alpha value is -3.15. The summed E-state index contributed by atoms with van der Waals surface area (Å²) in [7, 11) is 0. The Bertz CT molecular complexity index is 863. The highest BCUT2D eigenvalue weighted by molar-refractivity contribution is 5.72. The zero-order chi connectivity index (χ0) is 19.8. The van der Waals surface area contributed by atoms with E-state index in [9.17, 15) is 5.26 Å². The molecule has 0 fully saturated rings. The lowest BCUT2D eigenvalue weighted by atomic mass is 9.99. The van der Waals surface area contributed by atoms with E-state index in [1.54, 1.807) is 0 Å². The first-order chi connectivity index (χ1) is 13.8. The topological polar surface area (TPSA) is 117 Å². The van der Waals surface area contributed by atoms with Crippen LogP contribution in [-0.4, -0.2) is 59.6 Å². The number of benzene rings is 1. The van der Waals surface area contributed by atoms with Crippen LogP contribution in [0.25, 0.3) is 5.57 Å². The number of nitriles is 1. The van der Waals surface area contributed by atoms with Gasteiger partial charge in [0.1, 0.15) is 11.6 Å². The minimum atomic E-state index is -0.0729. The molecule has 3 rings (SSSR count). The minimum absolute atomic E-state index is 0.0506. The molecule has 8 nitrogen and oxygen atoms in total. The van der Waals surface area contributed by atoms with Crippen molar-refractivity contribution in [2.24, 2.45) is 0 Å². The molecule has 28 heavy (non-hydrogen) atoms. The van der Waals surface area contributed by atoms with E-state index in [1.165, 1.54) is 11.1 Å². The number of aromatic nitrogens is 2. The zero-order valence-electron chi connectivity index (χ0n) is 15.6. The van der Waals surface area contributed by atoms with E-state index in [0.717, 1.165) is 13.0 Å². The van der Waals surface area contributed by atoms with Crippen molar-refractivity contribution in [2.75, 3.05) is 54.9 Å². The van der Waals surface area contributed by atoms with Crippen molar-refractivity contribution in [3.8, 4) is 6.07 Å². The van der Waals surface area contributed by atoms with E-state index in [4.69, 9.17) is 10.2 Å². The Morgan fingerprint density at radius 1 is 1.07 bits per heavy atom. The second-order valence-electron chi connectivity index (χ2n) is 6.30. The van der Waals surface area contributed by atoms with Crippen molar-refractivity contribution in [3.63, 3.8) is 0 Å². The maximum atomic E-state index is 9.69. The Morgan fingerprint density at radius 2 is 1.82 bits per heavy atom. The van der Waals surface area contributed by atoms with Gasteiger partial charge in [-0.25, -0.2) is 0 Å². The van der Waals surface area contributed by atoms with Gasteiger partial charge in [-0.15, -0.1) is 0 Å². The summed E-state index contributed by atoms with van der Waals surface area (Å²) in [6.07, 6.45) is 3.00. The summed E-state index contributed by atoms with van der Waals surface area (Å²) < 4.78 is 0.